The molecule has 0 saturated heterocycles. The van der Waals surface area contributed by atoms with E-state index in [1.54, 1.807) is 13.8 Å². The average Bonchev–Trinajstić information content (AvgIpc) is 2.17. The maximum atomic E-state index is 11.0. The molecule has 1 amide bonds. The summed E-state index contributed by atoms with van der Waals surface area (Å²) in [5.74, 6) is -0.348. The van der Waals surface area contributed by atoms with Crippen LogP contribution in [-0.4, -0.2) is 11.4 Å². The Bertz CT molecular complexity index is 346. The van der Waals surface area contributed by atoms with Crippen LogP contribution in [0.4, 0.5) is 0 Å². The van der Waals surface area contributed by atoms with Crippen LogP contribution in [0, 0.1) is 0 Å². The summed E-state index contributed by atoms with van der Waals surface area (Å²) in [7, 11) is 0. The van der Waals surface area contributed by atoms with Crippen molar-refractivity contribution < 1.29 is 4.79 Å². The first-order valence-electron chi connectivity index (χ1n) is 4.71. The van der Waals surface area contributed by atoms with Gasteiger partial charge in [-0.2, -0.15) is 0 Å². The van der Waals surface area contributed by atoms with Crippen molar-refractivity contribution in [1.82, 2.24) is 5.32 Å². The number of benzene rings is 1. The predicted molar refractivity (Wildman–Crippen MR) is 64.3 cm³/mol. The number of carbonyl (C=O) groups is 1. The van der Waals surface area contributed by atoms with Gasteiger partial charge in [-0.1, -0.05) is 28.1 Å². The molecule has 82 valence electrons. The fraction of sp³-hybridized carbons (Fsp3) is 0.364. The van der Waals surface area contributed by atoms with E-state index in [1.807, 2.05) is 24.3 Å². The zero-order chi connectivity index (χ0) is 11.5. The molecule has 4 heteroatoms. The SMILES string of the molecule is CC(C)(NCc1ccc(Br)cc1)C(N)=O. The molecule has 0 spiro atoms. The van der Waals surface area contributed by atoms with E-state index in [-0.39, 0.29) is 5.91 Å². The largest absolute Gasteiger partial charge is 0.368 e. The van der Waals surface area contributed by atoms with E-state index in [9.17, 15) is 4.79 Å². The van der Waals surface area contributed by atoms with E-state index in [2.05, 4.69) is 21.2 Å². The van der Waals surface area contributed by atoms with Gasteiger partial charge in [0.05, 0.1) is 5.54 Å². The van der Waals surface area contributed by atoms with E-state index >= 15 is 0 Å². The average molecular weight is 271 g/mol. The molecule has 0 aromatic heterocycles. The number of rotatable bonds is 4. The van der Waals surface area contributed by atoms with Crippen molar-refractivity contribution >= 4 is 21.8 Å². The van der Waals surface area contributed by atoms with Gasteiger partial charge in [0.15, 0.2) is 0 Å². The Balaban J connectivity index is 2.57. The lowest BCUT2D eigenvalue weighted by atomic mass is 10.0. The zero-order valence-electron chi connectivity index (χ0n) is 8.88. The third kappa shape index (κ3) is 3.64. The van der Waals surface area contributed by atoms with Crippen LogP contribution >= 0.6 is 15.9 Å². The molecule has 3 N–H and O–H groups in total. The molecule has 0 atom stereocenters. The second-order valence-electron chi connectivity index (χ2n) is 3.97. The predicted octanol–water partition coefficient (Wildman–Crippen LogP) is 1.80. The second kappa shape index (κ2) is 4.77. The first-order valence-corrected chi connectivity index (χ1v) is 5.50. The third-order valence-corrected chi connectivity index (χ3v) is 2.79. The molecule has 0 aliphatic heterocycles. The number of halogens is 1. The quantitative estimate of drug-likeness (QED) is 0.877. The highest BCUT2D eigenvalue weighted by Crippen LogP contribution is 2.11. The molecule has 0 bridgehead atoms. The van der Waals surface area contributed by atoms with E-state index in [0.717, 1.165) is 10.0 Å². The highest BCUT2D eigenvalue weighted by Gasteiger charge is 2.23. The minimum absolute atomic E-state index is 0.348. The van der Waals surface area contributed by atoms with Gasteiger partial charge in [-0.3, -0.25) is 10.1 Å². The topological polar surface area (TPSA) is 55.1 Å². The Labute approximate surface area is 98.2 Å². The Morgan fingerprint density at radius 1 is 1.40 bits per heavy atom. The fourth-order valence-corrected chi connectivity index (χ4v) is 1.28. The normalized spacial score (nSPS) is 11.4. The Morgan fingerprint density at radius 3 is 2.40 bits per heavy atom. The third-order valence-electron chi connectivity index (χ3n) is 2.26. The lowest BCUT2D eigenvalue weighted by Gasteiger charge is -2.22. The van der Waals surface area contributed by atoms with Gasteiger partial charge >= 0.3 is 0 Å². The number of amides is 1. The second-order valence-corrected chi connectivity index (χ2v) is 4.88. The summed E-state index contributed by atoms with van der Waals surface area (Å²) in [6.07, 6.45) is 0. The van der Waals surface area contributed by atoms with Gasteiger partial charge in [0.1, 0.15) is 0 Å². The van der Waals surface area contributed by atoms with Crippen LogP contribution in [0.3, 0.4) is 0 Å². The monoisotopic (exact) mass is 270 g/mol. The summed E-state index contributed by atoms with van der Waals surface area (Å²) in [5.41, 5.74) is 5.69. The van der Waals surface area contributed by atoms with Crippen molar-refractivity contribution in [2.45, 2.75) is 25.9 Å². The van der Waals surface area contributed by atoms with Gasteiger partial charge in [0, 0.05) is 11.0 Å². The maximum Gasteiger partial charge on any atom is 0.237 e. The van der Waals surface area contributed by atoms with E-state index in [0.29, 0.717) is 6.54 Å². The maximum absolute atomic E-state index is 11.0. The smallest absolute Gasteiger partial charge is 0.237 e. The Kier molecular flexibility index (Phi) is 3.88. The van der Waals surface area contributed by atoms with Crippen LogP contribution in [0.5, 0.6) is 0 Å². The van der Waals surface area contributed by atoms with Gasteiger partial charge < -0.3 is 5.73 Å². The molecule has 0 fully saturated rings. The summed E-state index contributed by atoms with van der Waals surface area (Å²) < 4.78 is 1.04. The molecular formula is C11H15BrN2O. The number of nitrogens with two attached hydrogens (primary N) is 1. The molecule has 0 aliphatic carbocycles. The van der Waals surface area contributed by atoms with Gasteiger partial charge in [0.25, 0.3) is 0 Å². The highest BCUT2D eigenvalue weighted by molar-refractivity contribution is 9.10. The van der Waals surface area contributed by atoms with Gasteiger partial charge in [0.2, 0.25) is 5.91 Å². The molecule has 0 saturated carbocycles. The lowest BCUT2D eigenvalue weighted by Crippen LogP contribution is -2.50. The van der Waals surface area contributed by atoms with Crippen molar-refractivity contribution in [3.8, 4) is 0 Å². The number of nitrogens with one attached hydrogen (secondary N) is 1. The first kappa shape index (κ1) is 12.2. The van der Waals surface area contributed by atoms with Gasteiger partial charge in [-0.05, 0) is 31.5 Å². The van der Waals surface area contributed by atoms with Crippen molar-refractivity contribution in [3.63, 3.8) is 0 Å². The molecule has 3 nitrogen and oxygen atoms in total. The van der Waals surface area contributed by atoms with E-state index in [4.69, 9.17) is 5.73 Å². The zero-order valence-corrected chi connectivity index (χ0v) is 10.5. The summed E-state index contributed by atoms with van der Waals surface area (Å²) in [5, 5.41) is 3.10. The minimum Gasteiger partial charge on any atom is -0.368 e. The summed E-state index contributed by atoms with van der Waals surface area (Å²) in [6, 6.07) is 7.92. The molecule has 0 unspecified atom stereocenters. The van der Waals surface area contributed by atoms with Crippen LogP contribution in [0.2, 0.25) is 0 Å². The Hall–Kier alpha value is -0.870. The molecule has 0 heterocycles. The van der Waals surface area contributed by atoms with E-state index in [1.165, 1.54) is 0 Å². The standard InChI is InChI=1S/C11H15BrN2O/c1-11(2,10(13)15)14-7-8-3-5-9(12)6-4-8/h3-6,14H,7H2,1-2H3,(H2,13,15). The Morgan fingerprint density at radius 2 is 1.93 bits per heavy atom. The number of primary amides is 1. The van der Waals surface area contributed by atoms with Gasteiger partial charge in [-0.15, -0.1) is 0 Å². The molecule has 1 rings (SSSR count). The molecule has 0 radical (unpaired) electrons. The van der Waals surface area contributed by atoms with Crippen molar-refractivity contribution in [1.29, 1.82) is 0 Å². The minimum atomic E-state index is -0.674. The van der Waals surface area contributed by atoms with Gasteiger partial charge in [-0.25, -0.2) is 0 Å². The van der Waals surface area contributed by atoms with Crippen molar-refractivity contribution in [3.05, 3.63) is 34.3 Å². The van der Waals surface area contributed by atoms with Crippen LogP contribution in [0.1, 0.15) is 19.4 Å². The molecule has 15 heavy (non-hydrogen) atoms. The highest BCUT2D eigenvalue weighted by atomic mass is 79.9. The van der Waals surface area contributed by atoms with E-state index < -0.39 is 5.54 Å². The number of hydrogen-bond donors (Lipinski definition) is 2. The lowest BCUT2D eigenvalue weighted by molar-refractivity contribution is -0.123. The number of carbonyl (C=O) groups excluding carboxylic acids is 1. The van der Waals surface area contributed by atoms with Crippen molar-refractivity contribution in [2.75, 3.05) is 0 Å². The van der Waals surface area contributed by atoms with Crippen LogP contribution < -0.4 is 11.1 Å². The number of hydrogen-bond acceptors (Lipinski definition) is 2. The fourth-order valence-electron chi connectivity index (χ4n) is 1.01. The van der Waals surface area contributed by atoms with Crippen LogP contribution in [0.15, 0.2) is 28.7 Å². The summed E-state index contributed by atoms with van der Waals surface area (Å²) in [4.78, 5) is 11.0. The molecule has 1 aromatic rings. The first-order chi connectivity index (χ1) is 6.92. The van der Waals surface area contributed by atoms with Crippen LogP contribution in [-0.2, 0) is 11.3 Å². The molecule has 0 aliphatic rings. The molecule has 1 aromatic carbocycles. The summed E-state index contributed by atoms with van der Waals surface area (Å²) in [6.45, 7) is 4.17. The van der Waals surface area contributed by atoms with Crippen molar-refractivity contribution in [2.24, 2.45) is 5.73 Å². The summed E-state index contributed by atoms with van der Waals surface area (Å²) >= 11 is 3.36. The molecular weight excluding hydrogens is 256 g/mol. The van der Waals surface area contributed by atoms with Crippen LogP contribution in [0.25, 0.3) is 0 Å².